The summed E-state index contributed by atoms with van der Waals surface area (Å²) in [4.78, 5) is 0. The van der Waals surface area contributed by atoms with Gasteiger partial charge >= 0.3 is 0 Å². The molecule has 1 aliphatic heterocycles. The minimum atomic E-state index is -0.0359. The molecule has 2 nitrogen and oxygen atoms in total. The topological polar surface area (TPSA) is 35.2 Å². The van der Waals surface area contributed by atoms with Crippen LogP contribution in [0.2, 0.25) is 0 Å². The molecule has 0 spiro atoms. The first kappa shape index (κ1) is 8.02. The van der Waals surface area contributed by atoms with Crippen molar-refractivity contribution in [1.29, 1.82) is 0 Å². The lowest BCUT2D eigenvalue weighted by Gasteiger charge is -2.36. The molecule has 4 atom stereocenters. The number of rotatable bonds is 0. The fourth-order valence-electron chi connectivity index (χ4n) is 1.38. The molecule has 0 radical (unpaired) electrons. The minimum absolute atomic E-state index is 0.0359. The SMILES string of the molecule is C[C@H]1[C@H](C)[C@@H](N)OC[C@H]1C. The fourth-order valence-corrected chi connectivity index (χ4v) is 1.38. The van der Waals surface area contributed by atoms with E-state index >= 15 is 0 Å². The van der Waals surface area contributed by atoms with Gasteiger partial charge in [-0.1, -0.05) is 20.8 Å². The normalized spacial score (nSPS) is 49.2. The van der Waals surface area contributed by atoms with Crippen molar-refractivity contribution in [2.24, 2.45) is 23.5 Å². The van der Waals surface area contributed by atoms with Gasteiger partial charge in [-0.15, -0.1) is 0 Å². The third-order valence-electron chi connectivity index (χ3n) is 2.80. The largest absolute Gasteiger partial charge is 0.363 e. The van der Waals surface area contributed by atoms with Crippen LogP contribution in [0.15, 0.2) is 0 Å². The number of ether oxygens (including phenoxy) is 1. The summed E-state index contributed by atoms with van der Waals surface area (Å²) < 4.78 is 5.35. The highest BCUT2D eigenvalue weighted by Crippen LogP contribution is 2.28. The number of hydrogen-bond acceptors (Lipinski definition) is 2. The molecule has 2 heteroatoms. The van der Waals surface area contributed by atoms with Crippen LogP contribution < -0.4 is 5.73 Å². The molecule has 0 aromatic heterocycles. The second-order valence-electron chi connectivity index (χ2n) is 3.49. The minimum Gasteiger partial charge on any atom is -0.363 e. The van der Waals surface area contributed by atoms with Crippen LogP contribution in [-0.4, -0.2) is 12.8 Å². The number of hydrogen-bond donors (Lipinski definition) is 1. The summed E-state index contributed by atoms with van der Waals surface area (Å²) >= 11 is 0. The van der Waals surface area contributed by atoms with Gasteiger partial charge in [-0.25, -0.2) is 0 Å². The highest BCUT2D eigenvalue weighted by atomic mass is 16.5. The van der Waals surface area contributed by atoms with Crippen molar-refractivity contribution in [3.63, 3.8) is 0 Å². The molecule has 2 N–H and O–H groups in total. The van der Waals surface area contributed by atoms with E-state index in [1.54, 1.807) is 0 Å². The molecule has 0 amide bonds. The first-order chi connectivity index (χ1) is 4.63. The first-order valence-electron chi connectivity index (χ1n) is 4.00. The molecule has 0 saturated carbocycles. The fraction of sp³-hybridized carbons (Fsp3) is 1.00. The molecule has 0 aromatic carbocycles. The Morgan fingerprint density at radius 2 is 1.80 bits per heavy atom. The zero-order valence-electron chi connectivity index (χ0n) is 7.00. The van der Waals surface area contributed by atoms with E-state index in [-0.39, 0.29) is 6.23 Å². The summed E-state index contributed by atoms with van der Waals surface area (Å²) in [6, 6.07) is 0. The van der Waals surface area contributed by atoms with Gasteiger partial charge in [-0.05, 0) is 17.8 Å². The van der Waals surface area contributed by atoms with Crippen molar-refractivity contribution in [1.82, 2.24) is 0 Å². The summed E-state index contributed by atoms with van der Waals surface area (Å²) in [6.45, 7) is 7.45. The zero-order valence-corrected chi connectivity index (χ0v) is 7.00. The van der Waals surface area contributed by atoms with E-state index in [0.717, 1.165) is 6.61 Å². The molecule has 1 saturated heterocycles. The smallest absolute Gasteiger partial charge is 0.108 e. The average molecular weight is 143 g/mol. The molecule has 0 aromatic rings. The molecule has 1 rings (SSSR count). The van der Waals surface area contributed by atoms with E-state index < -0.39 is 0 Å². The Kier molecular flexibility index (Phi) is 2.32. The second-order valence-corrected chi connectivity index (χ2v) is 3.49. The standard InChI is InChI=1S/C8H17NO/c1-5-4-10-8(9)7(3)6(5)2/h5-8H,4,9H2,1-3H3/t5-,6-,7+,8+/m1/s1. The van der Waals surface area contributed by atoms with Crippen molar-refractivity contribution in [3.8, 4) is 0 Å². The molecule has 60 valence electrons. The van der Waals surface area contributed by atoms with Crippen LogP contribution in [0.25, 0.3) is 0 Å². The lowest BCUT2D eigenvalue weighted by Crippen LogP contribution is -2.43. The lowest BCUT2D eigenvalue weighted by molar-refractivity contribution is -0.0725. The molecule has 1 fully saturated rings. The van der Waals surface area contributed by atoms with Gasteiger partial charge in [-0.2, -0.15) is 0 Å². The Balaban J connectivity index is 2.52. The average Bonchev–Trinajstić information content (AvgIpc) is 1.93. The molecule has 1 heterocycles. The van der Waals surface area contributed by atoms with Crippen molar-refractivity contribution in [2.45, 2.75) is 27.0 Å². The van der Waals surface area contributed by atoms with Gasteiger partial charge in [0.15, 0.2) is 0 Å². The second kappa shape index (κ2) is 2.89. The molecular weight excluding hydrogens is 126 g/mol. The maximum Gasteiger partial charge on any atom is 0.108 e. The van der Waals surface area contributed by atoms with Crippen molar-refractivity contribution < 1.29 is 4.74 Å². The first-order valence-corrected chi connectivity index (χ1v) is 4.00. The molecule has 0 bridgehead atoms. The van der Waals surface area contributed by atoms with Crippen molar-refractivity contribution in [3.05, 3.63) is 0 Å². The van der Waals surface area contributed by atoms with Crippen molar-refractivity contribution >= 4 is 0 Å². The molecule has 10 heavy (non-hydrogen) atoms. The van der Waals surface area contributed by atoms with Crippen LogP contribution in [-0.2, 0) is 4.74 Å². The molecule has 0 unspecified atom stereocenters. The zero-order chi connectivity index (χ0) is 7.72. The Labute approximate surface area is 62.7 Å². The highest BCUT2D eigenvalue weighted by molar-refractivity contribution is 4.76. The maximum absolute atomic E-state index is 5.71. The molecule has 0 aliphatic carbocycles. The van der Waals surface area contributed by atoms with Gasteiger partial charge in [0.25, 0.3) is 0 Å². The van der Waals surface area contributed by atoms with Crippen molar-refractivity contribution in [2.75, 3.05) is 6.61 Å². The third-order valence-corrected chi connectivity index (χ3v) is 2.80. The summed E-state index contributed by atoms with van der Waals surface area (Å²) in [6.07, 6.45) is -0.0359. The Morgan fingerprint density at radius 1 is 1.20 bits per heavy atom. The van der Waals surface area contributed by atoms with E-state index in [9.17, 15) is 0 Å². The van der Waals surface area contributed by atoms with E-state index in [1.807, 2.05) is 0 Å². The van der Waals surface area contributed by atoms with Crippen LogP contribution in [0.4, 0.5) is 0 Å². The van der Waals surface area contributed by atoms with E-state index in [1.165, 1.54) is 0 Å². The van der Waals surface area contributed by atoms with Crippen LogP contribution in [0.3, 0.4) is 0 Å². The predicted molar refractivity (Wildman–Crippen MR) is 41.4 cm³/mol. The van der Waals surface area contributed by atoms with Gasteiger partial charge in [-0.3, -0.25) is 0 Å². The van der Waals surface area contributed by atoms with Gasteiger partial charge in [0, 0.05) is 0 Å². The number of nitrogens with two attached hydrogens (primary N) is 1. The molecule has 1 aliphatic rings. The summed E-state index contributed by atoms with van der Waals surface area (Å²) in [5.74, 6) is 1.86. The van der Waals surface area contributed by atoms with Crippen LogP contribution in [0.5, 0.6) is 0 Å². The Morgan fingerprint density at radius 3 is 2.30 bits per heavy atom. The maximum atomic E-state index is 5.71. The summed E-state index contributed by atoms with van der Waals surface area (Å²) in [7, 11) is 0. The summed E-state index contributed by atoms with van der Waals surface area (Å²) in [5, 5.41) is 0. The monoisotopic (exact) mass is 143 g/mol. The predicted octanol–water partition coefficient (Wildman–Crippen LogP) is 1.21. The molecular formula is C8H17NO. The van der Waals surface area contributed by atoms with Crippen LogP contribution in [0, 0.1) is 17.8 Å². The van der Waals surface area contributed by atoms with Crippen LogP contribution >= 0.6 is 0 Å². The van der Waals surface area contributed by atoms with Gasteiger partial charge < -0.3 is 10.5 Å². The lowest BCUT2D eigenvalue weighted by atomic mass is 9.82. The van der Waals surface area contributed by atoms with Gasteiger partial charge in [0.05, 0.1) is 6.61 Å². The van der Waals surface area contributed by atoms with Crippen LogP contribution in [0.1, 0.15) is 20.8 Å². The van der Waals surface area contributed by atoms with E-state index in [2.05, 4.69) is 20.8 Å². The Hall–Kier alpha value is -0.0800. The quantitative estimate of drug-likeness (QED) is 0.553. The Bertz CT molecular complexity index is 102. The van der Waals surface area contributed by atoms with E-state index in [4.69, 9.17) is 10.5 Å². The highest BCUT2D eigenvalue weighted by Gasteiger charge is 2.29. The van der Waals surface area contributed by atoms with Gasteiger partial charge in [0.2, 0.25) is 0 Å². The third kappa shape index (κ3) is 1.32. The van der Waals surface area contributed by atoms with Gasteiger partial charge in [0.1, 0.15) is 6.23 Å². The summed E-state index contributed by atoms with van der Waals surface area (Å²) in [5.41, 5.74) is 5.71. The van der Waals surface area contributed by atoms with E-state index in [0.29, 0.717) is 17.8 Å².